The zero-order valence-electron chi connectivity index (χ0n) is 21.8. The Morgan fingerprint density at radius 1 is 1.27 bits per heavy atom. The molecule has 2 heterocycles. The molecule has 0 radical (unpaired) electrons. The molecule has 10 nitrogen and oxygen atoms in total. The summed E-state index contributed by atoms with van der Waals surface area (Å²) in [6.45, 7) is 1.75. The molecule has 37 heavy (non-hydrogen) atoms. The zero-order chi connectivity index (χ0) is 26.6. The van der Waals surface area contributed by atoms with Gasteiger partial charge >= 0.3 is 12.1 Å². The van der Waals surface area contributed by atoms with Crippen LogP contribution in [0.5, 0.6) is 5.75 Å². The van der Waals surface area contributed by atoms with Crippen molar-refractivity contribution >= 4 is 12.1 Å². The summed E-state index contributed by atoms with van der Waals surface area (Å²) in [5, 5.41) is 18.1. The Labute approximate surface area is 216 Å². The lowest BCUT2D eigenvalue weighted by Gasteiger charge is -2.35. The second-order valence-corrected chi connectivity index (χ2v) is 10.4. The van der Waals surface area contributed by atoms with Gasteiger partial charge in [-0.2, -0.15) is 0 Å². The minimum atomic E-state index is -0.777. The fourth-order valence-corrected chi connectivity index (χ4v) is 4.75. The van der Waals surface area contributed by atoms with Gasteiger partial charge in [0, 0.05) is 26.4 Å². The Balaban J connectivity index is 1.50. The van der Waals surface area contributed by atoms with Crippen molar-refractivity contribution in [2.75, 3.05) is 20.3 Å². The van der Waals surface area contributed by atoms with E-state index >= 15 is 0 Å². The van der Waals surface area contributed by atoms with Crippen LogP contribution in [0, 0.1) is 5.41 Å². The summed E-state index contributed by atoms with van der Waals surface area (Å²) in [6, 6.07) is 3.73. The van der Waals surface area contributed by atoms with Crippen LogP contribution < -0.4 is 4.74 Å². The lowest BCUT2D eigenvalue weighted by molar-refractivity contribution is -0.151. The summed E-state index contributed by atoms with van der Waals surface area (Å²) in [5.74, 6) is 0.220. The van der Waals surface area contributed by atoms with Crippen LogP contribution in [-0.4, -0.2) is 68.5 Å². The molecular weight excluding hydrogens is 481 g/mol. The van der Waals surface area contributed by atoms with E-state index in [2.05, 4.69) is 10.3 Å². The summed E-state index contributed by atoms with van der Waals surface area (Å²) in [7, 11) is 3.39. The van der Waals surface area contributed by atoms with Crippen molar-refractivity contribution < 1.29 is 28.6 Å². The quantitative estimate of drug-likeness (QED) is 0.433. The number of carbonyl (C=O) groups excluding carboxylic acids is 1. The third-order valence-electron chi connectivity index (χ3n) is 7.23. The minimum Gasteiger partial charge on any atom is -0.488 e. The molecule has 2 aliphatic carbocycles. The van der Waals surface area contributed by atoms with E-state index in [-0.39, 0.29) is 19.3 Å². The van der Waals surface area contributed by atoms with Gasteiger partial charge in [0.1, 0.15) is 11.4 Å². The Bertz CT molecular complexity index is 1120. The number of hydrogen-bond donors (Lipinski definition) is 1. The highest BCUT2D eigenvalue weighted by molar-refractivity contribution is 5.74. The normalized spacial score (nSPS) is 21.5. The van der Waals surface area contributed by atoms with Gasteiger partial charge in [-0.1, -0.05) is 5.21 Å². The average Bonchev–Trinajstić information content (AvgIpc) is 3.66. The van der Waals surface area contributed by atoms with Crippen LogP contribution in [0.1, 0.15) is 75.6 Å². The molecule has 0 saturated heterocycles. The lowest BCUT2D eigenvalue weighted by atomic mass is 9.74. The summed E-state index contributed by atoms with van der Waals surface area (Å²) in [5.41, 5.74) is 2.00. The molecule has 1 N–H and O–H groups in total. The van der Waals surface area contributed by atoms with Gasteiger partial charge in [-0.3, -0.25) is 9.18 Å². The molecule has 0 unspecified atom stereocenters. The molecule has 1 amide bonds. The Morgan fingerprint density at radius 2 is 2.05 bits per heavy atom. The van der Waals surface area contributed by atoms with E-state index in [0.717, 1.165) is 31.4 Å². The Morgan fingerprint density at radius 3 is 2.76 bits per heavy atom. The number of carboxylic acids is 1. The number of nitrogens with zero attached hydrogens (tertiary/aromatic N) is 5. The van der Waals surface area contributed by atoms with Crippen LogP contribution in [0.4, 0.5) is 9.18 Å². The highest BCUT2D eigenvalue weighted by atomic mass is 19.1. The fraction of sp³-hybridized carbons (Fsp3) is 0.654. The second-order valence-electron chi connectivity index (χ2n) is 10.4. The van der Waals surface area contributed by atoms with Gasteiger partial charge in [0.25, 0.3) is 0 Å². The summed E-state index contributed by atoms with van der Waals surface area (Å²) >= 11 is 0. The molecule has 2 aliphatic rings. The predicted octanol–water partition coefficient (Wildman–Crippen LogP) is 4.48. The first kappa shape index (κ1) is 26.8. The predicted molar refractivity (Wildman–Crippen MR) is 133 cm³/mol. The molecule has 11 heteroatoms. The SMILES string of the molecule is CN(Cc1c(-c2ccc(O[C@H]3CCC[C@](C)(C(=O)O)C3)c(C3CC3)n2)nnn1C)C(=O)OCCCCF. The van der Waals surface area contributed by atoms with Gasteiger partial charge in [-0.05, 0) is 64.0 Å². The molecular formula is C26H36FN5O5. The molecule has 4 rings (SSSR count). The van der Waals surface area contributed by atoms with Crippen molar-refractivity contribution in [2.24, 2.45) is 12.5 Å². The highest BCUT2D eigenvalue weighted by Gasteiger charge is 2.40. The van der Waals surface area contributed by atoms with Crippen LogP contribution >= 0.6 is 0 Å². The lowest BCUT2D eigenvalue weighted by Crippen LogP contribution is -2.38. The van der Waals surface area contributed by atoms with Crippen molar-refractivity contribution in [3.05, 3.63) is 23.5 Å². The van der Waals surface area contributed by atoms with E-state index in [1.54, 1.807) is 25.7 Å². The number of aromatic nitrogens is 4. The number of amides is 1. The number of carbonyl (C=O) groups is 2. The number of unbranched alkanes of at least 4 members (excludes halogenated alkanes) is 1. The molecule has 2 fully saturated rings. The van der Waals surface area contributed by atoms with Crippen LogP contribution in [0.3, 0.4) is 0 Å². The molecule has 2 saturated carbocycles. The van der Waals surface area contributed by atoms with Gasteiger partial charge in [0.2, 0.25) is 0 Å². The first-order valence-corrected chi connectivity index (χ1v) is 13.0. The van der Waals surface area contributed by atoms with E-state index in [4.69, 9.17) is 14.5 Å². The van der Waals surface area contributed by atoms with E-state index in [1.807, 2.05) is 12.1 Å². The molecule has 2 aromatic rings. The first-order valence-electron chi connectivity index (χ1n) is 13.0. The Kier molecular flexibility index (Phi) is 8.29. The van der Waals surface area contributed by atoms with Crippen LogP contribution in [-0.2, 0) is 23.1 Å². The highest BCUT2D eigenvalue weighted by Crippen LogP contribution is 2.45. The molecule has 0 spiro atoms. The average molecular weight is 518 g/mol. The van der Waals surface area contributed by atoms with Crippen molar-refractivity contribution in [1.29, 1.82) is 0 Å². The topological polar surface area (TPSA) is 120 Å². The number of carboxylic acid groups (broad SMARTS) is 1. The Hall–Kier alpha value is -3.24. The molecule has 202 valence electrons. The molecule has 0 aromatic carbocycles. The van der Waals surface area contributed by atoms with Crippen molar-refractivity contribution in [3.8, 4) is 17.1 Å². The number of rotatable bonds is 11. The second kappa shape index (κ2) is 11.4. The first-order chi connectivity index (χ1) is 17.7. The van der Waals surface area contributed by atoms with Crippen molar-refractivity contribution in [1.82, 2.24) is 24.9 Å². The number of pyridine rings is 1. The van der Waals surface area contributed by atoms with E-state index in [1.165, 1.54) is 4.90 Å². The van der Waals surface area contributed by atoms with Crippen molar-refractivity contribution in [3.63, 3.8) is 0 Å². The standard InChI is InChI=1S/C26H36FN5O5/c1-26(24(33)34)12-6-7-18(15-26)37-21-11-10-19(28-22(21)17-8-9-17)23-20(32(3)30-29-23)16-31(2)25(35)36-14-5-4-13-27/h10-11,17-18H,4-9,12-16H2,1-3H3,(H,33,34)/t18-,26-/m0/s1. The van der Waals surface area contributed by atoms with Gasteiger partial charge in [-0.25, -0.2) is 14.5 Å². The minimum absolute atomic E-state index is 0.170. The third-order valence-corrected chi connectivity index (χ3v) is 7.23. The summed E-state index contributed by atoms with van der Waals surface area (Å²) in [4.78, 5) is 30.5. The zero-order valence-corrected chi connectivity index (χ0v) is 21.8. The number of alkyl halides is 1. The summed E-state index contributed by atoms with van der Waals surface area (Å²) in [6.07, 6.45) is 4.98. The maximum atomic E-state index is 12.4. The molecule has 2 aromatic heterocycles. The number of aliphatic carboxylic acids is 1. The van der Waals surface area contributed by atoms with Crippen molar-refractivity contribution in [2.45, 2.75) is 76.9 Å². The van der Waals surface area contributed by atoms with Crippen LogP contribution in [0.15, 0.2) is 12.1 Å². The van der Waals surface area contributed by atoms with Gasteiger partial charge < -0.3 is 19.5 Å². The third kappa shape index (κ3) is 6.37. The number of hydrogen-bond acceptors (Lipinski definition) is 7. The maximum Gasteiger partial charge on any atom is 0.409 e. The van der Waals surface area contributed by atoms with Gasteiger partial charge in [0.05, 0.1) is 48.4 Å². The van der Waals surface area contributed by atoms with Gasteiger partial charge in [-0.15, -0.1) is 5.10 Å². The molecule has 0 bridgehead atoms. The monoisotopic (exact) mass is 517 g/mol. The van der Waals surface area contributed by atoms with Crippen LogP contribution in [0.2, 0.25) is 0 Å². The largest absolute Gasteiger partial charge is 0.488 e. The number of ether oxygens (including phenoxy) is 2. The van der Waals surface area contributed by atoms with E-state index in [9.17, 15) is 19.1 Å². The van der Waals surface area contributed by atoms with E-state index < -0.39 is 24.2 Å². The maximum absolute atomic E-state index is 12.4. The van der Waals surface area contributed by atoms with E-state index in [0.29, 0.717) is 54.4 Å². The van der Waals surface area contributed by atoms with Gasteiger partial charge in [0.15, 0.2) is 0 Å². The molecule has 2 atom stereocenters. The summed E-state index contributed by atoms with van der Waals surface area (Å²) < 4.78 is 25.4. The number of aryl methyl sites for hydroxylation is 1. The number of halogens is 1. The van der Waals surface area contributed by atoms with Crippen LogP contribution in [0.25, 0.3) is 11.4 Å². The molecule has 0 aliphatic heterocycles. The fourth-order valence-electron chi connectivity index (χ4n) is 4.75. The smallest absolute Gasteiger partial charge is 0.409 e.